The van der Waals surface area contributed by atoms with Crippen molar-refractivity contribution in [3.63, 3.8) is 0 Å². The number of carbonyl (C=O) groups is 1. The predicted octanol–water partition coefficient (Wildman–Crippen LogP) is 2.49. The maximum Gasteiger partial charge on any atom is 0.303 e. The molecule has 1 aromatic carbocycles. The number of aliphatic carboxylic acids is 1. The SMILES string of the molecule is COc1ccc(C(O)C(C)CC(=O)O)cc1Cl. The molecular formula is C12H15ClO4. The van der Waals surface area contributed by atoms with Crippen molar-refractivity contribution in [2.45, 2.75) is 19.4 Å². The molecule has 94 valence electrons. The second kappa shape index (κ2) is 5.89. The first kappa shape index (κ1) is 13.8. The van der Waals surface area contributed by atoms with E-state index in [0.717, 1.165) is 0 Å². The molecule has 0 aliphatic carbocycles. The number of carboxylic acid groups (broad SMARTS) is 1. The average Bonchev–Trinajstić information content (AvgIpc) is 2.27. The Morgan fingerprint density at radius 3 is 2.65 bits per heavy atom. The Labute approximate surface area is 105 Å². The summed E-state index contributed by atoms with van der Waals surface area (Å²) in [5.74, 6) is -0.790. The van der Waals surface area contributed by atoms with Gasteiger partial charge in [0.25, 0.3) is 0 Å². The third kappa shape index (κ3) is 3.61. The maximum absolute atomic E-state index is 10.6. The van der Waals surface area contributed by atoms with Gasteiger partial charge in [-0.2, -0.15) is 0 Å². The van der Waals surface area contributed by atoms with E-state index in [-0.39, 0.29) is 12.3 Å². The van der Waals surface area contributed by atoms with Crippen molar-refractivity contribution in [3.05, 3.63) is 28.8 Å². The van der Waals surface area contributed by atoms with E-state index in [0.29, 0.717) is 16.3 Å². The van der Waals surface area contributed by atoms with E-state index >= 15 is 0 Å². The summed E-state index contributed by atoms with van der Waals surface area (Å²) < 4.78 is 5.00. The average molecular weight is 259 g/mol. The summed E-state index contributed by atoms with van der Waals surface area (Å²) in [4.78, 5) is 10.6. The summed E-state index contributed by atoms with van der Waals surface area (Å²) in [6.45, 7) is 1.68. The summed E-state index contributed by atoms with van der Waals surface area (Å²) in [6, 6.07) is 4.91. The van der Waals surface area contributed by atoms with Gasteiger partial charge in [-0.15, -0.1) is 0 Å². The highest BCUT2D eigenvalue weighted by Crippen LogP contribution is 2.31. The van der Waals surface area contributed by atoms with E-state index in [4.69, 9.17) is 21.4 Å². The Balaban J connectivity index is 2.85. The van der Waals surface area contributed by atoms with Crippen LogP contribution in [0.4, 0.5) is 0 Å². The van der Waals surface area contributed by atoms with Crippen molar-refractivity contribution in [2.24, 2.45) is 5.92 Å². The Hall–Kier alpha value is -1.26. The fraction of sp³-hybridized carbons (Fsp3) is 0.417. The molecule has 0 aliphatic heterocycles. The van der Waals surface area contributed by atoms with Crippen LogP contribution in [0.1, 0.15) is 25.0 Å². The third-order valence-electron chi connectivity index (χ3n) is 2.55. The van der Waals surface area contributed by atoms with Gasteiger partial charge in [-0.25, -0.2) is 0 Å². The van der Waals surface area contributed by atoms with Crippen LogP contribution in [-0.4, -0.2) is 23.3 Å². The van der Waals surface area contributed by atoms with Gasteiger partial charge in [-0.1, -0.05) is 24.6 Å². The Morgan fingerprint density at radius 2 is 2.18 bits per heavy atom. The second-order valence-corrected chi connectivity index (χ2v) is 4.32. The lowest BCUT2D eigenvalue weighted by Gasteiger charge is -2.18. The minimum absolute atomic E-state index is 0.0924. The maximum atomic E-state index is 10.6. The molecule has 1 aromatic rings. The first-order valence-electron chi connectivity index (χ1n) is 5.19. The van der Waals surface area contributed by atoms with Crippen molar-refractivity contribution in [1.82, 2.24) is 0 Å². The molecule has 0 bridgehead atoms. The molecule has 2 N–H and O–H groups in total. The number of halogens is 1. The number of aliphatic hydroxyl groups excluding tert-OH is 1. The minimum Gasteiger partial charge on any atom is -0.495 e. The lowest BCUT2D eigenvalue weighted by molar-refractivity contribution is -0.139. The van der Waals surface area contributed by atoms with E-state index in [1.807, 2.05) is 0 Å². The fourth-order valence-corrected chi connectivity index (χ4v) is 1.85. The number of methoxy groups -OCH3 is 1. The molecule has 17 heavy (non-hydrogen) atoms. The third-order valence-corrected chi connectivity index (χ3v) is 2.85. The lowest BCUT2D eigenvalue weighted by atomic mass is 9.94. The van der Waals surface area contributed by atoms with Crippen LogP contribution in [0.2, 0.25) is 5.02 Å². The van der Waals surface area contributed by atoms with E-state index in [1.165, 1.54) is 7.11 Å². The van der Waals surface area contributed by atoms with Gasteiger partial charge in [0.15, 0.2) is 0 Å². The molecule has 2 unspecified atom stereocenters. The number of benzene rings is 1. The van der Waals surface area contributed by atoms with Crippen LogP contribution in [0.25, 0.3) is 0 Å². The summed E-state index contributed by atoms with van der Waals surface area (Å²) in [5, 5.41) is 19.0. The van der Waals surface area contributed by atoms with Gasteiger partial charge < -0.3 is 14.9 Å². The minimum atomic E-state index is -0.934. The number of carboxylic acids is 1. The van der Waals surface area contributed by atoms with E-state index < -0.39 is 12.1 Å². The van der Waals surface area contributed by atoms with Crippen LogP contribution in [0.5, 0.6) is 5.75 Å². The number of aliphatic hydroxyl groups is 1. The molecule has 4 nitrogen and oxygen atoms in total. The van der Waals surface area contributed by atoms with Crippen LogP contribution in [0.15, 0.2) is 18.2 Å². The molecule has 0 heterocycles. The monoisotopic (exact) mass is 258 g/mol. The standard InChI is InChI=1S/C12H15ClO4/c1-7(5-11(14)15)12(16)8-3-4-10(17-2)9(13)6-8/h3-4,6-7,12,16H,5H2,1-2H3,(H,14,15). The number of rotatable bonds is 5. The molecule has 5 heteroatoms. The molecule has 0 aliphatic rings. The van der Waals surface area contributed by atoms with E-state index in [2.05, 4.69) is 0 Å². The van der Waals surface area contributed by atoms with Crippen LogP contribution >= 0.6 is 11.6 Å². The Morgan fingerprint density at radius 1 is 1.53 bits per heavy atom. The van der Waals surface area contributed by atoms with Gasteiger partial charge in [-0.3, -0.25) is 4.79 Å². The van der Waals surface area contributed by atoms with Crippen molar-refractivity contribution >= 4 is 17.6 Å². The van der Waals surface area contributed by atoms with E-state index in [1.54, 1.807) is 25.1 Å². The fourth-order valence-electron chi connectivity index (χ4n) is 1.58. The van der Waals surface area contributed by atoms with Crippen molar-refractivity contribution < 1.29 is 19.7 Å². The van der Waals surface area contributed by atoms with Gasteiger partial charge in [0.1, 0.15) is 5.75 Å². The van der Waals surface area contributed by atoms with Crippen LogP contribution in [0, 0.1) is 5.92 Å². The zero-order chi connectivity index (χ0) is 13.0. The molecule has 0 amide bonds. The van der Waals surface area contributed by atoms with Crippen LogP contribution in [-0.2, 0) is 4.79 Å². The number of hydrogen-bond donors (Lipinski definition) is 2. The van der Waals surface area contributed by atoms with E-state index in [9.17, 15) is 9.90 Å². The summed E-state index contributed by atoms with van der Waals surface area (Å²) >= 11 is 5.93. The highest BCUT2D eigenvalue weighted by molar-refractivity contribution is 6.32. The Kier molecular flexibility index (Phi) is 4.78. The first-order valence-corrected chi connectivity index (χ1v) is 5.56. The van der Waals surface area contributed by atoms with Gasteiger partial charge in [0, 0.05) is 0 Å². The largest absolute Gasteiger partial charge is 0.495 e. The summed E-state index contributed by atoms with van der Waals surface area (Å²) in [7, 11) is 1.50. The smallest absolute Gasteiger partial charge is 0.303 e. The molecule has 0 fully saturated rings. The first-order chi connectivity index (χ1) is 7.95. The molecule has 0 radical (unpaired) electrons. The number of ether oxygens (including phenoxy) is 1. The lowest BCUT2D eigenvalue weighted by Crippen LogP contribution is -2.13. The van der Waals surface area contributed by atoms with Crippen molar-refractivity contribution in [1.29, 1.82) is 0 Å². The molecule has 0 saturated carbocycles. The highest BCUT2D eigenvalue weighted by Gasteiger charge is 2.20. The van der Waals surface area contributed by atoms with Crippen molar-refractivity contribution in [2.75, 3.05) is 7.11 Å². The van der Waals surface area contributed by atoms with Crippen LogP contribution in [0.3, 0.4) is 0 Å². The number of hydrogen-bond acceptors (Lipinski definition) is 3. The van der Waals surface area contributed by atoms with Gasteiger partial charge in [0.2, 0.25) is 0 Å². The van der Waals surface area contributed by atoms with Gasteiger partial charge >= 0.3 is 5.97 Å². The molecule has 1 rings (SSSR count). The second-order valence-electron chi connectivity index (χ2n) is 3.91. The molecule has 0 spiro atoms. The predicted molar refractivity (Wildman–Crippen MR) is 64.4 cm³/mol. The Bertz CT molecular complexity index is 405. The molecule has 0 saturated heterocycles. The normalized spacial score (nSPS) is 14.1. The zero-order valence-corrected chi connectivity index (χ0v) is 10.4. The van der Waals surface area contributed by atoms with Gasteiger partial charge in [0.05, 0.1) is 24.7 Å². The van der Waals surface area contributed by atoms with Crippen LogP contribution < -0.4 is 4.74 Å². The highest BCUT2D eigenvalue weighted by atomic mass is 35.5. The quantitative estimate of drug-likeness (QED) is 0.852. The summed E-state index contributed by atoms with van der Waals surface area (Å²) in [6.07, 6.45) is -0.945. The van der Waals surface area contributed by atoms with Gasteiger partial charge in [-0.05, 0) is 23.6 Å². The van der Waals surface area contributed by atoms with Crippen molar-refractivity contribution in [3.8, 4) is 5.75 Å². The summed E-state index contributed by atoms with van der Waals surface area (Å²) in [5.41, 5.74) is 0.588. The zero-order valence-electron chi connectivity index (χ0n) is 9.68. The topological polar surface area (TPSA) is 66.8 Å². The molecule has 2 atom stereocenters. The molecular weight excluding hydrogens is 244 g/mol. The molecule has 0 aromatic heterocycles.